The van der Waals surface area contributed by atoms with Gasteiger partial charge in [-0.2, -0.15) is 0 Å². The number of hydrogen-bond acceptors (Lipinski definition) is 4. The molecule has 0 saturated carbocycles. The summed E-state index contributed by atoms with van der Waals surface area (Å²) in [5, 5.41) is 9.01. The van der Waals surface area contributed by atoms with E-state index in [9.17, 15) is 4.79 Å². The highest BCUT2D eigenvalue weighted by molar-refractivity contribution is 5.76. The van der Waals surface area contributed by atoms with Gasteiger partial charge in [0.2, 0.25) is 5.79 Å². The Balaban J connectivity index is 3.59. The molecule has 0 amide bonds. The van der Waals surface area contributed by atoms with Crippen LogP contribution in [-0.2, 0) is 4.79 Å². The second kappa shape index (κ2) is 12.0. The number of carbonyl (C=O) groups is 1. The Hall–Kier alpha value is -0.650. The minimum atomic E-state index is -1.74. The Morgan fingerprint density at radius 2 is 1.33 bits per heavy atom. The number of carboxylic acid groups (broad SMARTS) is 1. The maximum atomic E-state index is 11.0. The highest BCUT2D eigenvalue weighted by Gasteiger charge is 2.34. The molecule has 0 unspecified atom stereocenters. The molecule has 0 aromatic rings. The van der Waals surface area contributed by atoms with Crippen molar-refractivity contribution in [1.29, 1.82) is 0 Å². The number of carboxylic acids is 1. The van der Waals surface area contributed by atoms with Crippen LogP contribution in [0.25, 0.3) is 0 Å². The van der Waals surface area contributed by atoms with Crippen molar-refractivity contribution >= 4 is 5.97 Å². The van der Waals surface area contributed by atoms with E-state index in [1.54, 1.807) is 4.90 Å². The zero-order valence-corrected chi connectivity index (χ0v) is 13.9. The topological polar surface area (TPSA) is 92.6 Å². The number of aliphatic carboxylic acids is 1. The van der Waals surface area contributed by atoms with Crippen molar-refractivity contribution < 1.29 is 9.90 Å². The van der Waals surface area contributed by atoms with E-state index in [0.717, 1.165) is 12.8 Å². The molecule has 5 N–H and O–H groups in total. The number of likely N-dealkylation sites (N-methyl/N-ethyl adjacent to an activating group) is 1. The Bertz CT molecular complexity index is 270. The van der Waals surface area contributed by atoms with E-state index in [0.29, 0.717) is 13.1 Å². The van der Waals surface area contributed by atoms with E-state index >= 15 is 0 Å². The molecule has 21 heavy (non-hydrogen) atoms. The fraction of sp³-hybridized carbons (Fsp3) is 0.938. The monoisotopic (exact) mass is 301 g/mol. The SMILES string of the molecule is CCCCCCCCCCCCN(CC)C(N)(N)C(=O)O. The number of nitrogens with zero attached hydrogens (tertiary/aromatic N) is 1. The molecule has 126 valence electrons. The van der Waals surface area contributed by atoms with Crippen LogP contribution in [0.15, 0.2) is 0 Å². The number of hydrogen-bond donors (Lipinski definition) is 3. The summed E-state index contributed by atoms with van der Waals surface area (Å²) < 4.78 is 0. The Kier molecular flexibility index (Phi) is 11.6. The largest absolute Gasteiger partial charge is 0.478 e. The molecule has 0 bridgehead atoms. The van der Waals surface area contributed by atoms with Crippen molar-refractivity contribution in [2.75, 3.05) is 13.1 Å². The van der Waals surface area contributed by atoms with Crippen molar-refractivity contribution in [1.82, 2.24) is 4.90 Å². The highest BCUT2D eigenvalue weighted by Crippen LogP contribution is 2.11. The van der Waals surface area contributed by atoms with Crippen LogP contribution in [0, 0.1) is 0 Å². The summed E-state index contributed by atoms with van der Waals surface area (Å²) in [6, 6.07) is 0. The molecule has 0 aromatic carbocycles. The predicted molar refractivity (Wildman–Crippen MR) is 87.8 cm³/mol. The lowest BCUT2D eigenvalue weighted by Gasteiger charge is -2.33. The van der Waals surface area contributed by atoms with Crippen molar-refractivity contribution in [3.05, 3.63) is 0 Å². The van der Waals surface area contributed by atoms with Gasteiger partial charge < -0.3 is 5.11 Å². The first-order valence-electron chi connectivity index (χ1n) is 8.53. The van der Waals surface area contributed by atoms with Crippen LogP contribution in [-0.4, -0.2) is 34.9 Å². The van der Waals surface area contributed by atoms with Crippen molar-refractivity contribution in [3.63, 3.8) is 0 Å². The van der Waals surface area contributed by atoms with Crippen LogP contribution in [0.4, 0.5) is 0 Å². The normalized spacial score (nSPS) is 12.0. The summed E-state index contributed by atoms with van der Waals surface area (Å²) >= 11 is 0. The quantitative estimate of drug-likeness (QED) is 0.339. The van der Waals surface area contributed by atoms with Crippen molar-refractivity contribution in [2.24, 2.45) is 11.5 Å². The Morgan fingerprint density at radius 3 is 1.71 bits per heavy atom. The van der Waals surface area contributed by atoms with Gasteiger partial charge >= 0.3 is 5.97 Å². The summed E-state index contributed by atoms with van der Waals surface area (Å²) in [6.45, 7) is 5.32. The molecule has 0 aromatic heterocycles. The van der Waals surface area contributed by atoms with E-state index < -0.39 is 11.8 Å². The van der Waals surface area contributed by atoms with E-state index in [1.165, 1.54) is 51.4 Å². The second-order valence-electron chi connectivity index (χ2n) is 5.89. The molecule has 0 rings (SSSR count). The van der Waals surface area contributed by atoms with Crippen LogP contribution >= 0.6 is 0 Å². The van der Waals surface area contributed by atoms with E-state index in [2.05, 4.69) is 6.92 Å². The molecule has 0 heterocycles. The van der Waals surface area contributed by atoms with Gasteiger partial charge in [0.1, 0.15) is 0 Å². The molecule has 0 aliphatic rings. The molecule has 5 heteroatoms. The van der Waals surface area contributed by atoms with Gasteiger partial charge in [-0.15, -0.1) is 0 Å². The smallest absolute Gasteiger partial charge is 0.354 e. The molecule has 0 aliphatic heterocycles. The number of nitrogens with two attached hydrogens (primary N) is 2. The molecule has 5 nitrogen and oxygen atoms in total. The molecule has 0 spiro atoms. The highest BCUT2D eigenvalue weighted by atomic mass is 16.4. The van der Waals surface area contributed by atoms with E-state index in [-0.39, 0.29) is 0 Å². The average molecular weight is 301 g/mol. The van der Waals surface area contributed by atoms with Gasteiger partial charge in [0.15, 0.2) is 0 Å². The third-order valence-corrected chi connectivity index (χ3v) is 4.03. The third-order valence-electron chi connectivity index (χ3n) is 4.03. The summed E-state index contributed by atoms with van der Waals surface area (Å²) in [5.41, 5.74) is 11.3. The first kappa shape index (κ1) is 20.3. The minimum absolute atomic E-state index is 0.552. The molecule has 0 aliphatic carbocycles. The van der Waals surface area contributed by atoms with Gasteiger partial charge in [0.25, 0.3) is 0 Å². The lowest BCUT2D eigenvalue weighted by molar-refractivity contribution is -0.151. The first-order chi connectivity index (χ1) is 9.96. The van der Waals surface area contributed by atoms with E-state index in [1.807, 2.05) is 6.92 Å². The maximum Gasteiger partial charge on any atom is 0.354 e. The van der Waals surface area contributed by atoms with Crippen molar-refractivity contribution in [2.45, 2.75) is 83.8 Å². The fourth-order valence-electron chi connectivity index (χ4n) is 2.53. The summed E-state index contributed by atoms with van der Waals surface area (Å²) in [6.07, 6.45) is 12.6. The van der Waals surface area contributed by atoms with Crippen molar-refractivity contribution in [3.8, 4) is 0 Å². The molecule has 0 fully saturated rings. The van der Waals surface area contributed by atoms with Crippen LogP contribution in [0.5, 0.6) is 0 Å². The second-order valence-corrected chi connectivity index (χ2v) is 5.89. The number of rotatable bonds is 14. The van der Waals surface area contributed by atoms with Gasteiger partial charge in [-0.05, 0) is 13.0 Å². The van der Waals surface area contributed by atoms with Gasteiger partial charge in [0, 0.05) is 6.54 Å². The zero-order chi connectivity index (χ0) is 16.1. The minimum Gasteiger partial charge on any atom is -0.478 e. The zero-order valence-electron chi connectivity index (χ0n) is 13.9. The molecule has 0 atom stereocenters. The Morgan fingerprint density at radius 1 is 0.905 bits per heavy atom. The first-order valence-corrected chi connectivity index (χ1v) is 8.53. The van der Waals surface area contributed by atoms with Crippen LogP contribution in [0.3, 0.4) is 0 Å². The molecule has 0 radical (unpaired) electrons. The summed E-state index contributed by atoms with van der Waals surface area (Å²) in [4.78, 5) is 12.6. The van der Waals surface area contributed by atoms with Crippen LogP contribution in [0.1, 0.15) is 78.1 Å². The van der Waals surface area contributed by atoms with Crippen LogP contribution in [0.2, 0.25) is 0 Å². The lowest BCUT2D eigenvalue weighted by atomic mass is 10.1. The average Bonchev–Trinajstić information content (AvgIpc) is 2.44. The predicted octanol–water partition coefficient (Wildman–Crippen LogP) is 2.88. The molecule has 0 saturated heterocycles. The standard InChI is InChI=1S/C16H35N3O2/c1-3-5-6-7-8-9-10-11-12-13-14-19(4-2)16(17,18)15(20)21/h3-14,17-18H2,1-2H3,(H,20,21). The fourth-order valence-corrected chi connectivity index (χ4v) is 2.53. The van der Waals surface area contributed by atoms with Crippen LogP contribution < -0.4 is 11.5 Å². The summed E-state index contributed by atoms with van der Waals surface area (Å²) in [7, 11) is 0. The third kappa shape index (κ3) is 9.06. The van der Waals surface area contributed by atoms with Gasteiger partial charge in [-0.3, -0.25) is 16.4 Å². The lowest BCUT2D eigenvalue weighted by Crippen LogP contribution is -2.68. The molecular weight excluding hydrogens is 266 g/mol. The van der Waals surface area contributed by atoms with E-state index in [4.69, 9.17) is 16.6 Å². The van der Waals surface area contributed by atoms with Gasteiger partial charge in [-0.1, -0.05) is 71.6 Å². The summed E-state index contributed by atoms with van der Waals surface area (Å²) in [5.74, 6) is -2.91. The van der Waals surface area contributed by atoms with Gasteiger partial charge in [0.05, 0.1) is 0 Å². The molecular formula is C16H35N3O2. The Labute approximate surface area is 130 Å². The van der Waals surface area contributed by atoms with Gasteiger partial charge in [-0.25, -0.2) is 4.79 Å². The maximum absolute atomic E-state index is 11.0. The number of unbranched alkanes of at least 4 members (excludes halogenated alkanes) is 9.